The van der Waals surface area contributed by atoms with E-state index in [1.807, 2.05) is 48.5 Å². The van der Waals surface area contributed by atoms with Crippen LogP contribution in [0.15, 0.2) is 90.9 Å². The molecule has 0 aromatic heterocycles. The van der Waals surface area contributed by atoms with Gasteiger partial charge in [0.1, 0.15) is 17.8 Å². The second kappa shape index (κ2) is 9.04. The van der Waals surface area contributed by atoms with Crippen molar-refractivity contribution >= 4 is 17.6 Å². The van der Waals surface area contributed by atoms with Crippen molar-refractivity contribution in [3.8, 4) is 11.5 Å². The number of nitrogens with one attached hydrogen (secondary N) is 1. The van der Waals surface area contributed by atoms with Crippen LogP contribution in [0.5, 0.6) is 11.5 Å². The Kier molecular flexibility index (Phi) is 5.84. The number of rotatable bonds is 7. The van der Waals surface area contributed by atoms with E-state index < -0.39 is 18.2 Å². The number of amides is 1. The van der Waals surface area contributed by atoms with E-state index in [9.17, 15) is 14.7 Å². The fourth-order valence-corrected chi connectivity index (χ4v) is 3.02. The first-order chi connectivity index (χ1) is 15.1. The van der Waals surface area contributed by atoms with Gasteiger partial charge < -0.3 is 24.6 Å². The van der Waals surface area contributed by atoms with Crippen molar-refractivity contribution in [2.24, 2.45) is 0 Å². The molecule has 1 unspecified atom stereocenters. The molecule has 0 saturated carbocycles. The van der Waals surface area contributed by atoms with Crippen molar-refractivity contribution in [2.75, 3.05) is 5.32 Å². The van der Waals surface area contributed by atoms with Crippen LogP contribution < -0.4 is 10.1 Å². The number of ether oxygens (including phenoxy) is 3. The van der Waals surface area contributed by atoms with Crippen LogP contribution in [0.1, 0.15) is 15.9 Å². The van der Waals surface area contributed by atoms with Gasteiger partial charge in [-0.1, -0.05) is 48.5 Å². The van der Waals surface area contributed by atoms with Crippen LogP contribution in [0.4, 0.5) is 5.69 Å². The topological polar surface area (TPSA) is 94.1 Å². The molecule has 0 bridgehead atoms. The lowest BCUT2D eigenvalue weighted by Gasteiger charge is -2.13. The fourth-order valence-electron chi connectivity index (χ4n) is 3.02. The predicted octanol–water partition coefficient (Wildman–Crippen LogP) is 4.57. The Morgan fingerprint density at radius 1 is 0.935 bits per heavy atom. The van der Waals surface area contributed by atoms with Crippen LogP contribution in [0.2, 0.25) is 0 Å². The lowest BCUT2D eigenvalue weighted by atomic mass is 10.1. The quantitative estimate of drug-likeness (QED) is 0.585. The van der Waals surface area contributed by atoms with Gasteiger partial charge in [-0.3, -0.25) is 4.79 Å². The van der Waals surface area contributed by atoms with Crippen LogP contribution in [-0.2, 0) is 20.7 Å². The van der Waals surface area contributed by atoms with Gasteiger partial charge in [0.05, 0.1) is 11.3 Å². The molecule has 2 N–H and O–H groups in total. The molecule has 0 fully saturated rings. The lowest BCUT2D eigenvalue weighted by Crippen LogP contribution is -2.20. The minimum atomic E-state index is -1.18. The molecule has 31 heavy (non-hydrogen) atoms. The van der Waals surface area contributed by atoms with Crippen LogP contribution in [0.3, 0.4) is 0 Å². The number of aromatic carboxylic acids is 1. The Labute approximate surface area is 178 Å². The minimum absolute atomic E-state index is 0.0355. The summed E-state index contributed by atoms with van der Waals surface area (Å²) in [7, 11) is 0. The van der Waals surface area contributed by atoms with Crippen LogP contribution >= 0.6 is 0 Å². The SMILES string of the molecule is O=C(Nc1cc(Oc2ccccc2)ccc1C(=O)O)C1=COC(Cc2ccccc2)O1. The van der Waals surface area contributed by atoms with E-state index >= 15 is 0 Å². The summed E-state index contributed by atoms with van der Waals surface area (Å²) in [6.45, 7) is 0. The normalized spacial score (nSPS) is 14.7. The highest BCUT2D eigenvalue weighted by molar-refractivity contribution is 6.06. The second-order valence-corrected chi connectivity index (χ2v) is 6.74. The van der Waals surface area contributed by atoms with Crippen molar-refractivity contribution < 1.29 is 28.9 Å². The molecule has 1 aliphatic heterocycles. The molecule has 1 aliphatic rings. The van der Waals surface area contributed by atoms with E-state index in [2.05, 4.69) is 5.32 Å². The average Bonchev–Trinajstić information content (AvgIpc) is 3.24. The maximum atomic E-state index is 12.6. The van der Waals surface area contributed by atoms with Gasteiger partial charge in [-0.15, -0.1) is 0 Å². The lowest BCUT2D eigenvalue weighted by molar-refractivity contribution is -0.118. The molecule has 1 atom stereocenters. The smallest absolute Gasteiger partial charge is 0.337 e. The number of carbonyl (C=O) groups is 2. The summed E-state index contributed by atoms with van der Waals surface area (Å²) in [6.07, 6.45) is 1.07. The largest absolute Gasteiger partial charge is 0.478 e. The van der Waals surface area contributed by atoms with Crippen molar-refractivity contribution in [1.29, 1.82) is 0 Å². The molecule has 7 nitrogen and oxygen atoms in total. The zero-order valence-electron chi connectivity index (χ0n) is 16.4. The molecule has 7 heteroatoms. The van der Waals surface area contributed by atoms with Crippen LogP contribution in [-0.4, -0.2) is 23.3 Å². The Morgan fingerprint density at radius 2 is 1.65 bits per heavy atom. The Hall–Kier alpha value is -4.26. The maximum Gasteiger partial charge on any atom is 0.337 e. The third-order valence-corrected chi connectivity index (χ3v) is 4.50. The number of carboxylic acids is 1. The number of carboxylic acid groups (broad SMARTS) is 1. The molecule has 1 heterocycles. The van der Waals surface area contributed by atoms with Crippen molar-refractivity contribution in [3.63, 3.8) is 0 Å². The number of benzene rings is 3. The zero-order chi connectivity index (χ0) is 21.6. The average molecular weight is 417 g/mol. The van der Waals surface area contributed by atoms with E-state index in [1.54, 1.807) is 12.1 Å². The first-order valence-electron chi connectivity index (χ1n) is 9.56. The van der Waals surface area contributed by atoms with E-state index in [-0.39, 0.29) is 17.0 Å². The third-order valence-electron chi connectivity index (χ3n) is 4.50. The summed E-state index contributed by atoms with van der Waals surface area (Å²) in [5, 5.41) is 12.0. The van der Waals surface area contributed by atoms with Crippen molar-refractivity contribution in [1.82, 2.24) is 0 Å². The molecular weight excluding hydrogens is 398 g/mol. The first kappa shape index (κ1) is 20.0. The fraction of sp³-hybridized carbons (Fsp3) is 0.0833. The summed E-state index contributed by atoms with van der Waals surface area (Å²) in [5.74, 6) is -0.865. The zero-order valence-corrected chi connectivity index (χ0v) is 16.4. The highest BCUT2D eigenvalue weighted by Crippen LogP contribution is 2.28. The van der Waals surface area contributed by atoms with Crippen molar-refractivity contribution in [2.45, 2.75) is 12.7 Å². The maximum absolute atomic E-state index is 12.6. The van der Waals surface area contributed by atoms with E-state index in [4.69, 9.17) is 14.2 Å². The third kappa shape index (κ3) is 5.02. The summed E-state index contributed by atoms with van der Waals surface area (Å²) < 4.78 is 16.7. The molecule has 3 aromatic carbocycles. The first-order valence-corrected chi connectivity index (χ1v) is 9.56. The second-order valence-electron chi connectivity index (χ2n) is 6.74. The molecular formula is C24H19NO6. The number of hydrogen-bond donors (Lipinski definition) is 2. The summed E-state index contributed by atoms with van der Waals surface area (Å²) in [6, 6.07) is 23.0. The van der Waals surface area contributed by atoms with Gasteiger partial charge >= 0.3 is 5.97 Å². The van der Waals surface area contributed by atoms with Gasteiger partial charge in [-0.2, -0.15) is 0 Å². The molecule has 0 aliphatic carbocycles. The summed E-state index contributed by atoms with van der Waals surface area (Å²) in [4.78, 5) is 24.2. The van der Waals surface area contributed by atoms with Gasteiger partial charge in [-0.05, 0) is 29.8 Å². The van der Waals surface area contributed by atoms with Gasteiger partial charge in [0.25, 0.3) is 5.91 Å². The van der Waals surface area contributed by atoms with E-state index in [0.29, 0.717) is 17.9 Å². The molecule has 156 valence electrons. The van der Waals surface area contributed by atoms with Crippen LogP contribution in [0.25, 0.3) is 0 Å². The predicted molar refractivity (Wildman–Crippen MR) is 113 cm³/mol. The monoisotopic (exact) mass is 417 g/mol. The Bertz CT molecular complexity index is 1110. The van der Waals surface area contributed by atoms with E-state index in [0.717, 1.165) is 5.56 Å². The van der Waals surface area contributed by atoms with E-state index in [1.165, 1.54) is 24.5 Å². The summed E-state index contributed by atoms with van der Waals surface area (Å²) >= 11 is 0. The highest BCUT2D eigenvalue weighted by Gasteiger charge is 2.26. The molecule has 0 saturated heterocycles. The van der Waals surface area contributed by atoms with Gasteiger partial charge in [-0.25, -0.2) is 4.79 Å². The molecule has 4 rings (SSSR count). The molecule has 1 amide bonds. The molecule has 3 aromatic rings. The number of para-hydroxylation sites is 1. The number of carbonyl (C=O) groups excluding carboxylic acids is 1. The van der Waals surface area contributed by atoms with Gasteiger partial charge in [0.15, 0.2) is 0 Å². The van der Waals surface area contributed by atoms with Gasteiger partial charge in [0.2, 0.25) is 12.0 Å². The minimum Gasteiger partial charge on any atom is -0.478 e. The summed E-state index contributed by atoms with van der Waals surface area (Å²) in [5.41, 5.74) is 1.01. The molecule has 0 spiro atoms. The highest BCUT2D eigenvalue weighted by atomic mass is 16.7. The standard InChI is InChI=1S/C24H19NO6/c26-23(21-15-29-22(31-21)13-16-7-3-1-4-8-16)25-20-14-18(11-12-19(20)24(27)28)30-17-9-5-2-6-10-17/h1-12,14-15,22H,13H2,(H,25,26)(H,27,28). The van der Waals surface area contributed by atoms with Crippen molar-refractivity contribution in [3.05, 3.63) is 102 Å². The number of hydrogen-bond acceptors (Lipinski definition) is 5. The Balaban J connectivity index is 1.45. The Morgan fingerprint density at radius 3 is 2.35 bits per heavy atom. The van der Waals surface area contributed by atoms with Crippen LogP contribution in [0, 0.1) is 0 Å². The molecule has 0 radical (unpaired) electrons. The number of anilines is 1. The van der Waals surface area contributed by atoms with Gasteiger partial charge in [0, 0.05) is 12.5 Å².